The molecule has 0 bridgehead atoms. The normalized spacial score (nSPS) is 10.4. The molecule has 0 aliphatic heterocycles. The van der Waals surface area contributed by atoms with Gasteiger partial charge in [-0.05, 0) is 6.07 Å². The van der Waals surface area contributed by atoms with Gasteiger partial charge in [0.05, 0.1) is 22.5 Å². The topological polar surface area (TPSA) is 90.2 Å². The smallest absolute Gasteiger partial charge is 0.271 e. The second-order valence-electron chi connectivity index (χ2n) is 4.38. The third-order valence-corrected chi connectivity index (χ3v) is 2.81. The van der Waals surface area contributed by atoms with Crippen LogP contribution < -0.4 is 10.6 Å². The maximum absolute atomic E-state index is 10.7. The molecular formula is C12H15N5O2. The van der Waals surface area contributed by atoms with E-state index in [9.17, 15) is 10.1 Å². The van der Waals surface area contributed by atoms with E-state index in [1.165, 1.54) is 12.1 Å². The highest BCUT2D eigenvalue weighted by Gasteiger charge is 2.12. The summed E-state index contributed by atoms with van der Waals surface area (Å²) >= 11 is 0. The van der Waals surface area contributed by atoms with Crippen molar-refractivity contribution in [2.75, 3.05) is 17.7 Å². The van der Waals surface area contributed by atoms with Crippen LogP contribution in [0, 0.1) is 10.1 Å². The Kier molecular flexibility index (Phi) is 3.37. The third kappa shape index (κ3) is 2.82. The van der Waals surface area contributed by atoms with Crippen LogP contribution in [-0.2, 0) is 13.6 Å². The second kappa shape index (κ2) is 4.97. The van der Waals surface area contributed by atoms with E-state index >= 15 is 0 Å². The molecule has 0 aliphatic carbocycles. The van der Waals surface area contributed by atoms with Gasteiger partial charge in [-0.2, -0.15) is 5.10 Å². The fraction of sp³-hybridized carbons (Fsp3) is 0.250. The van der Waals surface area contributed by atoms with Crippen molar-refractivity contribution in [1.82, 2.24) is 9.78 Å². The fourth-order valence-corrected chi connectivity index (χ4v) is 1.92. The Balaban J connectivity index is 2.19. The summed E-state index contributed by atoms with van der Waals surface area (Å²) in [6.07, 6.45) is 3.69. The molecule has 0 aliphatic rings. The number of aromatic nitrogens is 2. The van der Waals surface area contributed by atoms with Gasteiger partial charge in [0.25, 0.3) is 5.69 Å². The Hall–Kier alpha value is -2.57. The first-order valence-corrected chi connectivity index (χ1v) is 5.70. The molecule has 0 atom stereocenters. The van der Waals surface area contributed by atoms with E-state index in [0.717, 1.165) is 11.3 Å². The van der Waals surface area contributed by atoms with Gasteiger partial charge >= 0.3 is 0 Å². The zero-order chi connectivity index (χ0) is 14.0. The second-order valence-corrected chi connectivity index (χ2v) is 4.38. The summed E-state index contributed by atoms with van der Waals surface area (Å²) in [6, 6.07) is 4.48. The van der Waals surface area contributed by atoms with Crippen LogP contribution >= 0.6 is 0 Å². The number of anilines is 2. The lowest BCUT2D eigenvalue weighted by Gasteiger charge is -2.20. The molecule has 0 radical (unpaired) electrons. The molecule has 0 fully saturated rings. The first-order valence-electron chi connectivity index (χ1n) is 5.70. The van der Waals surface area contributed by atoms with E-state index in [1.54, 1.807) is 16.9 Å². The van der Waals surface area contributed by atoms with Crippen LogP contribution in [0.1, 0.15) is 5.56 Å². The molecule has 0 amide bonds. The molecule has 0 saturated carbocycles. The van der Waals surface area contributed by atoms with Gasteiger partial charge in [0, 0.05) is 44.5 Å². The number of nitrogens with zero attached hydrogens (tertiary/aromatic N) is 4. The Morgan fingerprint density at radius 2 is 2.26 bits per heavy atom. The van der Waals surface area contributed by atoms with Crippen LogP contribution in [0.4, 0.5) is 17.1 Å². The number of rotatable bonds is 4. The minimum Gasteiger partial charge on any atom is -0.397 e. The summed E-state index contributed by atoms with van der Waals surface area (Å²) < 4.78 is 1.72. The van der Waals surface area contributed by atoms with E-state index in [0.29, 0.717) is 12.2 Å². The number of hydrogen-bond acceptors (Lipinski definition) is 5. The van der Waals surface area contributed by atoms with E-state index in [-0.39, 0.29) is 5.69 Å². The van der Waals surface area contributed by atoms with E-state index in [1.807, 2.05) is 25.2 Å². The van der Waals surface area contributed by atoms with Crippen molar-refractivity contribution in [3.63, 3.8) is 0 Å². The number of benzene rings is 1. The molecule has 19 heavy (non-hydrogen) atoms. The maximum atomic E-state index is 10.7. The van der Waals surface area contributed by atoms with Crippen molar-refractivity contribution in [1.29, 1.82) is 0 Å². The molecule has 1 aromatic heterocycles. The van der Waals surface area contributed by atoms with E-state index < -0.39 is 4.92 Å². The zero-order valence-electron chi connectivity index (χ0n) is 10.8. The van der Waals surface area contributed by atoms with Crippen LogP contribution in [0.15, 0.2) is 30.6 Å². The average Bonchev–Trinajstić information content (AvgIpc) is 2.74. The van der Waals surface area contributed by atoms with Crippen molar-refractivity contribution in [2.24, 2.45) is 7.05 Å². The third-order valence-electron chi connectivity index (χ3n) is 2.81. The van der Waals surface area contributed by atoms with Gasteiger partial charge in [-0.3, -0.25) is 14.8 Å². The van der Waals surface area contributed by atoms with Crippen LogP contribution in [-0.4, -0.2) is 21.8 Å². The van der Waals surface area contributed by atoms with Crippen molar-refractivity contribution in [3.8, 4) is 0 Å². The maximum Gasteiger partial charge on any atom is 0.271 e. The number of aryl methyl sites for hydroxylation is 1. The van der Waals surface area contributed by atoms with Gasteiger partial charge in [0.15, 0.2) is 0 Å². The minimum absolute atomic E-state index is 0.00368. The largest absolute Gasteiger partial charge is 0.397 e. The Morgan fingerprint density at radius 3 is 2.79 bits per heavy atom. The summed E-state index contributed by atoms with van der Waals surface area (Å²) in [5.41, 5.74) is 8.04. The van der Waals surface area contributed by atoms with Crippen molar-refractivity contribution in [3.05, 3.63) is 46.3 Å². The van der Waals surface area contributed by atoms with Crippen molar-refractivity contribution < 1.29 is 4.92 Å². The molecule has 7 heteroatoms. The van der Waals surface area contributed by atoms with Gasteiger partial charge in [-0.25, -0.2) is 0 Å². The van der Waals surface area contributed by atoms with E-state index in [4.69, 9.17) is 5.73 Å². The molecule has 0 saturated heterocycles. The van der Waals surface area contributed by atoms with Gasteiger partial charge in [0.1, 0.15) is 0 Å². The highest BCUT2D eigenvalue weighted by atomic mass is 16.6. The van der Waals surface area contributed by atoms with Gasteiger partial charge < -0.3 is 10.6 Å². The molecule has 1 heterocycles. The monoisotopic (exact) mass is 261 g/mol. The molecule has 2 rings (SSSR count). The van der Waals surface area contributed by atoms with Gasteiger partial charge in [-0.15, -0.1) is 0 Å². The Morgan fingerprint density at radius 1 is 1.53 bits per heavy atom. The van der Waals surface area contributed by atoms with Crippen LogP contribution in [0.5, 0.6) is 0 Å². The van der Waals surface area contributed by atoms with Crippen molar-refractivity contribution in [2.45, 2.75) is 6.54 Å². The highest BCUT2D eigenvalue weighted by molar-refractivity contribution is 5.70. The van der Waals surface area contributed by atoms with Crippen LogP contribution in [0.3, 0.4) is 0 Å². The predicted molar refractivity (Wildman–Crippen MR) is 72.8 cm³/mol. The Bertz CT molecular complexity index is 608. The zero-order valence-corrected chi connectivity index (χ0v) is 10.8. The first kappa shape index (κ1) is 12.9. The van der Waals surface area contributed by atoms with Crippen LogP contribution in [0.2, 0.25) is 0 Å². The van der Waals surface area contributed by atoms with E-state index in [2.05, 4.69) is 5.10 Å². The minimum atomic E-state index is -0.457. The highest BCUT2D eigenvalue weighted by Crippen LogP contribution is 2.27. The number of nitro groups is 1. The summed E-state index contributed by atoms with van der Waals surface area (Å²) in [5.74, 6) is 0. The standard InChI is InChI=1S/C12H15N5O2/c1-15(7-9-6-14-16(2)8-9)12-4-3-10(17(18)19)5-11(12)13/h3-6,8H,7,13H2,1-2H3. The predicted octanol–water partition coefficient (Wildman–Crippen LogP) is 1.55. The fourth-order valence-electron chi connectivity index (χ4n) is 1.92. The molecule has 100 valence electrons. The SMILES string of the molecule is CN(Cc1cnn(C)c1)c1ccc([N+](=O)[O-])cc1N. The number of nitrogens with two attached hydrogens (primary N) is 1. The lowest BCUT2D eigenvalue weighted by atomic mass is 10.2. The molecule has 7 nitrogen and oxygen atoms in total. The number of non-ortho nitro benzene ring substituents is 1. The summed E-state index contributed by atoms with van der Waals surface area (Å²) in [6.45, 7) is 0.635. The van der Waals surface area contributed by atoms with Gasteiger partial charge in [0.2, 0.25) is 0 Å². The molecule has 2 N–H and O–H groups in total. The number of nitrogen functional groups attached to an aromatic ring is 1. The lowest BCUT2D eigenvalue weighted by Crippen LogP contribution is -2.17. The molecule has 1 aromatic carbocycles. The number of nitro benzene ring substituents is 1. The first-order chi connectivity index (χ1) is 8.97. The summed E-state index contributed by atoms with van der Waals surface area (Å²) in [5, 5.41) is 14.7. The lowest BCUT2D eigenvalue weighted by molar-refractivity contribution is -0.384. The molecule has 2 aromatic rings. The number of hydrogen-bond donors (Lipinski definition) is 1. The quantitative estimate of drug-likeness (QED) is 0.512. The summed E-state index contributed by atoms with van der Waals surface area (Å²) in [4.78, 5) is 12.1. The molecular weight excluding hydrogens is 246 g/mol. The molecule has 0 unspecified atom stereocenters. The van der Waals surface area contributed by atoms with Crippen molar-refractivity contribution >= 4 is 17.1 Å². The molecule has 0 spiro atoms. The van der Waals surface area contributed by atoms with Crippen LogP contribution in [0.25, 0.3) is 0 Å². The van der Waals surface area contributed by atoms with Gasteiger partial charge in [-0.1, -0.05) is 0 Å². The summed E-state index contributed by atoms with van der Waals surface area (Å²) in [7, 11) is 3.73. The average molecular weight is 261 g/mol. The Labute approximate surface area is 110 Å².